The van der Waals surface area contributed by atoms with Crippen LogP contribution >= 0.6 is 11.8 Å². The number of rotatable bonds is 6. The molecule has 8 heteroatoms. The van der Waals surface area contributed by atoms with Crippen molar-refractivity contribution in [3.63, 3.8) is 0 Å². The number of esters is 1. The number of thioether (sulfide) groups is 1. The highest BCUT2D eigenvalue weighted by Gasteiger charge is 2.21. The average Bonchev–Trinajstić information content (AvgIpc) is 2.71. The molecule has 0 aliphatic rings. The van der Waals surface area contributed by atoms with Gasteiger partial charge in [0.1, 0.15) is 0 Å². The van der Waals surface area contributed by atoms with E-state index in [0.717, 1.165) is 23.7 Å². The number of Topliss-reactive ketones (excluding diaryl/α,β-unsaturated/α-hetero) is 1. The number of aromatic amines is 1. The van der Waals surface area contributed by atoms with Crippen LogP contribution in [0.25, 0.3) is 11.0 Å². The number of ketones is 1. The van der Waals surface area contributed by atoms with Crippen molar-refractivity contribution in [1.29, 1.82) is 0 Å². The van der Waals surface area contributed by atoms with E-state index < -0.39 is 16.8 Å². The lowest BCUT2D eigenvalue weighted by molar-refractivity contribution is 0.0602. The van der Waals surface area contributed by atoms with Crippen molar-refractivity contribution in [3.8, 4) is 0 Å². The molecule has 2 aromatic heterocycles. The number of hydrogen-bond acceptors (Lipinski definition) is 7. The number of benzene rings is 1. The Morgan fingerprint density at radius 1 is 1.21 bits per heavy atom. The molecule has 0 aliphatic heterocycles. The highest BCUT2D eigenvalue weighted by molar-refractivity contribution is 8.00. The number of hydrogen-bond donors (Lipinski definition) is 1. The number of nitrogens with one attached hydrogen (secondary N) is 1. The Hall–Kier alpha value is -3.00. The van der Waals surface area contributed by atoms with Gasteiger partial charge in [0.25, 0.3) is 5.56 Å². The van der Waals surface area contributed by atoms with Gasteiger partial charge >= 0.3 is 5.97 Å². The molecule has 0 amide bonds. The zero-order valence-electron chi connectivity index (χ0n) is 16.6. The fourth-order valence-corrected chi connectivity index (χ4v) is 3.80. The number of H-pyrrole nitrogens is 1. The van der Waals surface area contributed by atoms with Crippen molar-refractivity contribution in [2.75, 3.05) is 7.11 Å². The van der Waals surface area contributed by atoms with E-state index in [9.17, 15) is 14.4 Å². The minimum Gasteiger partial charge on any atom is -0.465 e. The molecule has 0 spiro atoms. The summed E-state index contributed by atoms with van der Waals surface area (Å²) in [4.78, 5) is 48.6. The second-order valence-corrected chi connectivity index (χ2v) is 7.88. The number of pyridine rings is 1. The molecule has 7 nitrogen and oxygen atoms in total. The first-order valence-electron chi connectivity index (χ1n) is 9.13. The van der Waals surface area contributed by atoms with Gasteiger partial charge in [0.2, 0.25) is 0 Å². The summed E-state index contributed by atoms with van der Waals surface area (Å²) in [6.45, 7) is 5.51. The van der Waals surface area contributed by atoms with Gasteiger partial charge in [-0.25, -0.2) is 14.8 Å². The molecule has 29 heavy (non-hydrogen) atoms. The van der Waals surface area contributed by atoms with Gasteiger partial charge in [-0.2, -0.15) is 0 Å². The van der Waals surface area contributed by atoms with E-state index in [0.29, 0.717) is 11.3 Å². The fraction of sp³-hybridized carbons (Fsp3) is 0.286. The average molecular weight is 411 g/mol. The summed E-state index contributed by atoms with van der Waals surface area (Å²) >= 11 is 1.14. The zero-order chi connectivity index (χ0) is 21.1. The lowest BCUT2D eigenvalue weighted by Gasteiger charge is -2.11. The van der Waals surface area contributed by atoms with Crippen molar-refractivity contribution in [2.24, 2.45) is 0 Å². The van der Waals surface area contributed by atoms with Gasteiger partial charge < -0.3 is 9.72 Å². The third-order valence-electron chi connectivity index (χ3n) is 4.49. The van der Waals surface area contributed by atoms with Crippen LogP contribution in [0.1, 0.15) is 45.8 Å². The molecular formula is C21H21N3O4S. The third-order valence-corrected chi connectivity index (χ3v) is 5.48. The van der Waals surface area contributed by atoms with Crippen LogP contribution in [0.3, 0.4) is 0 Å². The number of nitrogens with zero attached hydrogens (tertiary/aromatic N) is 2. The molecule has 3 rings (SSSR count). The predicted molar refractivity (Wildman–Crippen MR) is 112 cm³/mol. The molecule has 3 aromatic rings. The molecule has 2 heterocycles. The van der Waals surface area contributed by atoms with Crippen molar-refractivity contribution >= 4 is 34.5 Å². The number of carbonyl (C=O) groups excluding carboxylic acids is 2. The summed E-state index contributed by atoms with van der Waals surface area (Å²) < 4.78 is 4.75. The van der Waals surface area contributed by atoms with Crippen LogP contribution in [0.4, 0.5) is 0 Å². The molecule has 0 fully saturated rings. The van der Waals surface area contributed by atoms with Crippen LogP contribution in [-0.4, -0.2) is 39.1 Å². The third kappa shape index (κ3) is 4.37. The highest BCUT2D eigenvalue weighted by atomic mass is 32.2. The quantitative estimate of drug-likeness (QED) is 0.287. The smallest absolute Gasteiger partial charge is 0.338 e. The zero-order valence-corrected chi connectivity index (χ0v) is 17.4. The van der Waals surface area contributed by atoms with Gasteiger partial charge in [-0.3, -0.25) is 9.59 Å². The molecule has 0 bridgehead atoms. The maximum atomic E-state index is 12.7. The van der Waals surface area contributed by atoms with Gasteiger partial charge in [-0.15, -0.1) is 0 Å². The minimum absolute atomic E-state index is 0.0622. The summed E-state index contributed by atoms with van der Waals surface area (Å²) in [6.07, 6.45) is 0.904. The topological polar surface area (TPSA) is 102 Å². The Morgan fingerprint density at radius 3 is 2.52 bits per heavy atom. The number of carbonyl (C=O) groups is 2. The van der Waals surface area contributed by atoms with E-state index in [-0.39, 0.29) is 27.5 Å². The van der Waals surface area contributed by atoms with Gasteiger partial charge in [0, 0.05) is 11.3 Å². The number of methoxy groups -OCH3 is 1. The number of fused-ring (bicyclic) bond motifs is 1. The molecule has 0 radical (unpaired) electrons. The van der Waals surface area contributed by atoms with E-state index in [1.807, 2.05) is 24.3 Å². The summed E-state index contributed by atoms with van der Waals surface area (Å²) in [5.74, 6) is -0.694. The Morgan fingerprint density at radius 2 is 1.90 bits per heavy atom. The predicted octanol–water partition coefficient (Wildman–Crippen LogP) is 3.34. The highest BCUT2D eigenvalue weighted by Crippen LogP contribution is 2.24. The largest absolute Gasteiger partial charge is 0.465 e. The van der Waals surface area contributed by atoms with Crippen LogP contribution < -0.4 is 5.56 Å². The first-order chi connectivity index (χ1) is 13.8. The van der Waals surface area contributed by atoms with Gasteiger partial charge in [0.15, 0.2) is 16.6 Å². The van der Waals surface area contributed by atoms with Crippen LogP contribution in [0.15, 0.2) is 40.3 Å². The first kappa shape index (κ1) is 20.7. The van der Waals surface area contributed by atoms with E-state index in [1.54, 1.807) is 13.8 Å². The standard InChI is InChI=1S/C21H21N3O4S/c1-5-13-6-8-14(9-7-13)17(25)12(3)29-21-23-18-16(19(26)24-21)15(20(27)28-4)10-11(2)22-18/h6-10,12H,5H2,1-4H3,(H,22,23,24,26). The molecule has 0 aliphatic carbocycles. The minimum atomic E-state index is -0.632. The van der Waals surface area contributed by atoms with Gasteiger partial charge in [0.05, 0.1) is 23.3 Å². The van der Waals surface area contributed by atoms with E-state index in [2.05, 4.69) is 21.9 Å². The normalized spacial score (nSPS) is 12.0. The van der Waals surface area contributed by atoms with E-state index in [1.165, 1.54) is 13.2 Å². The lowest BCUT2D eigenvalue weighted by atomic mass is 10.1. The summed E-state index contributed by atoms with van der Waals surface area (Å²) in [6, 6.07) is 8.97. The Labute approximate surface area is 171 Å². The number of aromatic nitrogens is 3. The molecule has 1 aromatic carbocycles. The second-order valence-electron chi connectivity index (χ2n) is 6.55. The van der Waals surface area contributed by atoms with E-state index in [4.69, 9.17) is 4.74 Å². The van der Waals surface area contributed by atoms with Crippen molar-refractivity contribution in [1.82, 2.24) is 15.0 Å². The summed E-state index contributed by atoms with van der Waals surface area (Å²) in [5, 5.41) is -0.128. The molecule has 1 atom stereocenters. The maximum Gasteiger partial charge on any atom is 0.338 e. The summed E-state index contributed by atoms with van der Waals surface area (Å²) in [7, 11) is 1.25. The van der Waals surface area contributed by atoms with Crippen LogP contribution in [-0.2, 0) is 11.2 Å². The van der Waals surface area contributed by atoms with Gasteiger partial charge in [-0.1, -0.05) is 43.0 Å². The summed E-state index contributed by atoms with van der Waals surface area (Å²) in [5.41, 5.74) is 2.05. The monoisotopic (exact) mass is 411 g/mol. The molecule has 0 saturated carbocycles. The Kier molecular flexibility index (Phi) is 6.12. The molecule has 1 N–H and O–H groups in total. The number of ether oxygens (including phenoxy) is 1. The number of aryl methyl sites for hydroxylation is 2. The van der Waals surface area contributed by atoms with Crippen molar-refractivity contribution < 1.29 is 14.3 Å². The van der Waals surface area contributed by atoms with E-state index >= 15 is 0 Å². The van der Waals surface area contributed by atoms with Crippen LogP contribution in [0.2, 0.25) is 0 Å². The SMILES string of the molecule is CCc1ccc(C(=O)C(C)Sc2nc3nc(C)cc(C(=O)OC)c3c(=O)[nH]2)cc1. The van der Waals surface area contributed by atoms with Crippen LogP contribution in [0.5, 0.6) is 0 Å². The molecule has 0 saturated heterocycles. The Balaban J connectivity index is 1.93. The Bertz CT molecular complexity index is 1140. The second kappa shape index (κ2) is 8.57. The van der Waals surface area contributed by atoms with Crippen molar-refractivity contribution in [3.05, 3.63) is 63.1 Å². The first-order valence-corrected chi connectivity index (χ1v) is 10.0. The molecule has 1 unspecified atom stereocenters. The van der Waals surface area contributed by atoms with Crippen molar-refractivity contribution in [2.45, 2.75) is 37.6 Å². The lowest BCUT2D eigenvalue weighted by Crippen LogP contribution is -2.18. The maximum absolute atomic E-state index is 12.7. The molecular weight excluding hydrogens is 390 g/mol. The fourth-order valence-electron chi connectivity index (χ4n) is 2.93. The molecule has 150 valence electrons. The van der Waals surface area contributed by atoms with Gasteiger partial charge in [-0.05, 0) is 31.9 Å². The van der Waals surface area contributed by atoms with Crippen LogP contribution in [0, 0.1) is 6.92 Å².